The van der Waals surface area contributed by atoms with Gasteiger partial charge in [-0.1, -0.05) is 6.42 Å². The van der Waals surface area contributed by atoms with E-state index in [2.05, 4.69) is 5.10 Å². The van der Waals surface area contributed by atoms with Crippen LogP contribution in [0.1, 0.15) is 25.7 Å². The van der Waals surface area contributed by atoms with Crippen molar-refractivity contribution in [3.05, 3.63) is 18.5 Å². The van der Waals surface area contributed by atoms with Gasteiger partial charge in [-0.05, 0) is 37.3 Å². The summed E-state index contributed by atoms with van der Waals surface area (Å²) in [5.74, 6) is 0. The largest absolute Gasteiger partial charge is 0.330 e. The molecule has 1 aromatic heterocycles. The number of nitrogens with two attached hydrogens (primary N) is 1. The lowest BCUT2D eigenvalue weighted by atomic mass is 9.67. The second kappa shape index (κ2) is 3.50. The van der Waals surface area contributed by atoms with Gasteiger partial charge in [0.2, 0.25) is 0 Å². The molecule has 1 aliphatic carbocycles. The van der Waals surface area contributed by atoms with Crippen LogP contribution in [0.4, 0.5) is 0 Å². The molecule has 0 spiro atoms. The van der Waals surface area contributed by atoms with Gasteiger partial charge in [0.1, 0.15) is 0 Å². The first kappa shape index (κ1) is 8.75. The van der Waals surface area contributed by atoms with Crippen LogP contribution >= 0.6 is 0 Å². The molecule has 1 heterocycles. The van der Waals surface area contributed by atoms with Gasteiger partial charge in [0.15, 0.2) is 0 Å². The SMILES string of the molecule is NCC1(CCn2cccn2)CCC1. The van der Waals surface area contributed by atoms with Crippen LogP contribution in [0.2, 0.25) is 0 Å². The first-order chi connectivity index (χ1) is 6.35. The van der Waals surface area contributed by atoms with Crippen molar-refractivity contribution in [1.29, 1.82) is 0 Å². The molecule has 3 heteroatoms. The summed E-state index contributed by atoms with van der Waals surface area (Å²) in [4.78, 5) is 0. The number of aryl methyl sites for hydroxylation is 1. The average molecular weight is 179 g/mol. The average Bonchev–Trinajstić information content (AvgIpc) is 2.56. The highest BCUT2D eigenvalue weighted by Crippen LogP contribution is 2.43. The highest BCUT2D eigenvalue weighted by atomic mass is 15.3. The zero-order chi connectivity index (χ0) is 9.15. The van der Waals surface area contributed by atoms with Gasteiger partial charge in [-0.3, -0.25) is 4.68 Å². The third-order valence-electron chi connectivity index (χ3n) is 3.28. The molecule has 0 saturated heterocycles. The van der Waals surface area contributed by atoms with Crippen LogP contribution in [0.5, 0.6) is 0 Å². The fraction of sp³-hybridized carbons (Fsp3) is 0.700. The Labute approximate surface area is 78.9 Å². The molecule has 0 radical (unpaired) electrons. The van der Waals surface area contributed by atoms with Gasteiger partial charge in [-0.25, -0.2) is 0 Å². The van der Waals surface area contributed by atoms with Crippen molar-refractivity contribution >= 4 is 0 Å². The fourth-order valence-electron chi connectivity index (χ4n) is 2.02. The van der Waals surface area contributed by atoms with E-state index < -0.39 is 0 Å². The van der Waals surface area contributed by atoms with E-state index in [0.29, 0.717) is 5.41 Å². The van der Waals surface area contributed by atoms with Crippen molar-refractivity contribution in [2.45, 2.75) is 32.2 Å². The summed E-state index contributed by atoms with van der Waals surface area (Å²) in [6, 6.07) is 1.97. The molecule has 1 aromatic rings. The van der Waals surface area contributed by atoms with Gasteiger partial charge in [-0.2, -0.15) is 5.10 Å². The highest BCUT2D eigenvalue weighted by molar-refractivity contribution is 4.89. The van der Waals surface area contributed by atoms with Gasteiger partial charge in [0, 0.05) is 18.9 Å². The molecule has 3 nitrogen and oxygen atoms in total. The van der Waals surface area contributed by atoms with E-state index in [-0.39, 0.29) is 0 Å². The number of nitrogens with zero attached hydrogens (tertiary/aromatic N) is 2. The summed E-state index contributed by atoms with van der Waals surface area (Å²) in [5, 5.41) is 4.19. The van der Waals surface area contributed by atoms with E-state index in [1.165, 1.54) is 25.7 Å². The Morgan fingerprint density at radius 2 is 2.31 bits per heavy atom. The highest BCUT2D eigenvalue weighted by Gasteiger charge is 2.34. The first-order valence-corrected chi connectivity index (χ1v) is 5.02. The number of hydrogen-bond acceptors (Lipinski definition) is 2. The van der Waals surface area contributed by atoms with E-state index in [1.54, 1.807) is 0 Å². The van der Waals surface area contributed by atoms with E-state index >= 15 is 0 Å². The molecule has 13 heavy (non-hydrogen) atoms. The Morgan fingerprint density at radius 1 is 1.46 bits per heavy atom. The summed E-state index contributed by atoms with van der Waals surface area (Å²) < 4.78 is 2.00. The third kappa shape index (κ3) is 1.75. The van der Waals surface area contributed by atoms with Crippen molar-refractivity contribution in [3.8, 4) is 0 Å². The Kier molecular flexibility index (Phi) is 2.36. The normalized spacial score (nSPS) is 19.8. The van der Waals surface area contributed by atoms with E-state index in [9.17, 15) is 0 Å². The Bertz CT molecular complexity index is 244. The minimum atomic E-state index is 0.450. The molecule has 0 aliphatic heterocycles. The molecule has 1 saturated carbocycles. The molecule has 0 atom stereocenters. The zero-order valence-corrected chi connectivity index (χ0v) is 7.95. The van der Waals surface area contributed by atoms with E-state index in [1.807, 2.05) is 23.1 Å². The van der Waals surface area contributed by atoms with Crippen LogP contribution < -0.4 is 5.73 Å². The summed E-state index contributed by atoms with van der Waals surface area (Å²) in [6.45, 7) is 1.86. The first-order valence-electron chi connectivity index (χ1n) is 5.02. The monoisotopic (exact) mass is 179 g/mol. The van der Waals surface area contributed by atoms with Crippen molar-refractivity contribution in [2.24, 2.45) is 11.1 Å². The minimum Gasteiger partial charge on any atom is -0.330 e. The third-order valence-corrected chi connectivity index (χ3v) is 3.28. The van der Waals surface area contributed by atoms with Gasteiger partial charge >= 0.3 is 0 Å². The van der Waals surface area contributed by atoms with Gasteiger partial charge < -0.3 is 5.73 Å². The Morgan fingerprint density at radius 3 is 2.77 bits per heavy atom. The fourth-order valence-corrected chi connectivity index (χ4v) is 2.02. The van der Waals surface area contributed by atoms with Crippen LogP contribution in [0, 0.1) is 5.41 Å². The second-order valence-corrected chi connectivity index (χ2v) is 4.08. The van der Waals surface area contributed by atoms with Crippen LogP contribution in [0.25, 0.3) is 0 Å². The Balaban J connectivity index is 1.84. The maximum atomic E-state index is 5.78. The second-order valence-electron chi connectivity index (χ2n) is 4.08. The molecule has 72 valence electrons. The summed E-state index contributed by atoms with van der Waals surface area (Å²) in [7, 11) is 0. The molecule has 1 fully saturated rings. The lowest BCUT2D eigenvalue weighted by Crippen LogP contribution is -2.38. The van der Waals surface area contributed by atoms with Crippen LogP contribution in [-0.4, -0.2) is 16.3 Å². The van der Waals surface area contributed by atoms with Crippen molar-refractivity contribution in [3.63, 3.8) is 0 Å². The van der Waals surface area contributed by atoms with Crippen molar-refractivity contribution in [2.75, 3.05) is 6.54 Å². The van der Waals surface area contributed by atoms with Crippen LogP contribution in [0.3, 0.4) is 0 Å². The van der Waals surface area contributed by atoms with Gasteiger partial charge in [0.05, 0.1) is 0 Å². The smallest absolute Gasteiger partial charge is 0.0489 e. The lowest BCUT2D eigenvalue weighted by molar-refractivity contribution is 0.121. The number of rotatable bonds is 4. The maximum absolute atomic E-state index is 5.78. The maximum Gasteiger partial charge on any atom is 0.0489 e. The van der Waals surface area contributed by atoms with E-state index in [4.69, 9.17) is 5.73 Å². The standard InChI is InChI=1S/C10H17N3/c11-9-10(3-1-4-10)5-8-13-7-2-6-12-13/h2,6-7H,1,3-5,8-9,11H2. The van der Waals surface area contributed by atoms with Gasteiger partial charge in [0.25, 0.3) is 0 Å². The molecule has 0 amide bonds. The quantitative estimate of drug-likeness (QED) is 0.759. The molecule has 1 aliphatic rings. The Hall–Kier alpha value is -0.830. The molecule has 0 unspecified atom stereocenters. The topological polar surface area (TPSA) is 43.8 Å². The molecular formula is C10H17N3. The molecule has 0 aromatic carbocycles. The number of hydrogen-bond donors (Lipinski definition) is 1. The summed E-state index contributed by atoms with van der Waals surface area (Å²) in [6.07, 6.45) is 9.01. The predicted molar refractivity (Wildman–Crippen MR) is 52.2 cm³/mol. The van der Waals surface area contributed by atoms with Crippen molar-refractivity contribution in [1.82, 2.24) is 9.78 Å². The molecular weight excluding hydrogens is 162 g/mol. The zero-order valence-electron chi connectivity index (χ0n) is 7.95. The lowest BCUT2D eigenvalue weighted by Gasteiger charge is -2.41. The summed E-state index contributed by atoms with van der Waals surface area (Å²) >= 11 is 0. The predicted octanol–water partition coefficient (Wildman–Crippen LogP) is 1.40. The summed E-state index contributed by atoms with van der Waals surface area (Å²) in [5.41, 5.74) is 6.23. The minimum absolute atomic E-state index is 0.450. The molecule has 0 bridgehead atoms. The van der Waals surface area contributed by atoms with Crippen molar-refractivity contribution < 1.29 is 0 Å². The molecule has 2 rings (SSSR count). The van der Waals surface area contributed by atoms with Crippen LogP contribution in [-0.2, 0) is 6.54 Å². The molecule has 2 N–H and O–H groups in total. The number of aromatic nitrogens is 2. The van der Waals surface area contributed by atoms with Gasteiger partial charge in [-0.15, -0.1) is 0 Å². The van der Waals surface area contributed by atoms with Crippen LogP contribution in [0.15, 0.2) is 18.5 Å². The van der Waals surface area contributed by atoms with E-state index in [0.717, 1.165) is 13.1 Å².